The van der Waals surface area contributed by atoms with Crippen LogP contribution in [0.3, 0.4) is 0 Å². The normalized spacial score (nSPS) is 27.4. The fraction of sp³-hybridized carbons (Fsp3) is 0.333. The third kappa shape index (κ3) is 3.29. The summed E-state index contributed by atoms with van der Waals surface area (Å²) in [6, 6.07) is 5.12. The van der Waals surface area contributed by atoms with Crippen molar-refractivity contribution in [1.29, 1.82) is 0 Å². The standard InChI is InChI=1S/C21H21FN6O/c1-21-5-4-16(25-21)20(22)13(10-21)8-19-24-11-17(26-27-19)15-3-2-14(9-18(15)29)28-7-6-23-12-28/h2-3,6-9,11-12,16,20,25,29H,4-5,10H2,1H3/b13-8-/t16?,20-,21-/m0/s1. The highest BCUT2D eigenvalue weighted by atomic mass is 19.1. The van der Waals surface area contributed by atoms with Gasteiger partial charge in [0.25, 0.3) is 0 Å². The van der Waals surface area contributed by atoms with Crippen LogP contribution in [0.15, 0.2) is 48.7 Å². The Hall–Kier alpha value is -3.13. The van der Waals surface area contributed by atoms with Gasteiger partial charge in [0.05, 0.1) is 18.2 Å². The molecule has 3 aromatic rings. The Morgan fingerprint density at radius 3 is 2.97 bits per heavy atom. The average molecular weight is 392 g/mol. The van der Waals surface area contributed by atoms with Crippen molar-refractivity contribution >= 4 is 6.08 Å². The Kier molecular flexibility index (Phi) is 4.16. The van der Waals surface area contributed by atoms with Crippen LogP contribution in [0.1, 0.15) is 32.0 Å². The van der Waals surface area contributed by atoms with Crippen LogP contribution in [0.4, 0.5) is 4.39 Å². The van der Waals surface area contributed by atoms with Crippen molar-refractivity contribution in [2.24, 2.45) is 0 Å². The zero-order chi connectivity index (χ0) is 20.0. The predicted octanol–water partition coefficient (Wildman–Crippen LogP) is 3.07. The van der Waals surface area contributed by atoms with E-state index in [4.69, 9.17) is 0 Å². The number of alkyl halides is 1. The van der Waals surface area contributed by atoms with Gasteiger partial charge < -0.3 is 15.0 Å². The zero-order valence-corrected chi connectivity index (χ0v) is 16.0. The lowest BCUT2D eigenvalue weighted by molar-refractivity contribution is 0.234. The molecule has 8 heteroatoms. The van der Waals surface area contributed by atoms with Gasteiger partial charge in [-0.05, 0) is 50.0 Å². The zero-order valence-electron chi connectivity index (χ0n) is 16.0. The molecule has 0 amide bonds. The van der Waals surface area contributed by atoms with E-state index >= 15 is 0 Å². The van der Waals surface area contributed by atoms with Gasteiger partial charge in [0.15, 0.2) is 5.82 Å². The monoisotopic (exact) mass is 392 g/mol. The third-order valence-corrected chi connectivity index (χ3v) is 5.80. The van der Waals surface area contributed by atoms with E-state index in [9.17, 15) is 9.50 Å². The fourth-order valence-electron chi connectivity index (χ4n) is 4.31. The Morgan fingerprint density at radius 2 is 2.24 bits per heavy atom. The SMILES string of the molecule is C[C@@]12CCC(N1)[C@@H](F)/C(=C\c1ncc(-c3ccc(-n4ccnc4)cc3O)nn1)C2. The van der Waals surface area contributed by atoms with Gasteiger partial charge in [-0.25, -0.2) is 14.4 Å². The summed E-state index contributed by atoms with van der Waals surface area (Å²) in [6.07, 6.45) is 9.83. The molecule has 5 rings (SSSR count). The van der Waals surface area contributed by atoms with E-state index < -0.39 is 6.17 Å². The molecular weight excluding hydrogens is 371 g/mol. The van der Waals surface area contributed by atoms with Crippen LogP contribution in [-0.2, 0) is 0 Å². The molecule has 2 N–H and O–H groups in total. The lowest BCUT2D eigenvalue weighted by Crippen LogP contribution is -2.50. The number of aromatic hydroxyl groups is 1. The quantitative estimate of drug-likeness (QED) is 0.712. The number of benzene rings is 1. The minimum absolute atomic E-state index is 0.0464. The van der Waals surface area contributed by atoms with Crippen molar-refractivity contribution in [2.45, 2.75) is 43.9 Å². The number of fused-ring (bicyclic) bond motifs is 2. The maximum atomic E-state index is 14.7. The molecule has 4 heterocycles. The Labute approximate surface area is 167 Å². The van der Waals surface area contributed by atoms with E-state index in [0.29, 0.717) is 23.5 Å². The Balaban J connectivity index is 1.39. The first kappa shape index (κ1) is 17.9. The molecule has 1 aromatic carbocycles. The number of hydrogen-bond acceptors (Lipinski definition) is 6. The van der Waals surface area contributed by atoms with Crippen LogP contribution < -0.4 is 5.32 Å². The van der Waals surface area contributed by atoms with Crippen molar-refractivity contribution in [2.75, 3.05) is 0 Å². The van der Waals surface area contributed by atoms with Gasteiger partial charge in [0.2, 0.25) is 0 Å². The van der Waals surface area contributed by atoms with Crippen molar-refractivity contribution in [3.63, 3.8) is 0 Å². The summed E-state index contributed by atoms with van der Waals surface area (Å²) in [4.78, 5) is 8.33. The third-order valence-electron chi connectivity index (χ3n) is 5.80. The van der Waals surface area contributed by atoms with Crippen LogP contribution in [0, 0.1) is 0 Å². The molecule has 0 saturated carbocycles. The average Bonchev–Trinajstić information content (AvgIpc) is 3.36. The van der Waals surface area contributed by atoms with E-state index in [-0.39, 0.29) is 17.3 Å². The van der Waals surface area contributed by atoms with Gasteiger partial charge in [-0.1, -0.05) is 0 Å². The van der Waals surface area contributed by atoms with Gasteiger partial charge in [-0.2, -0.15) is 0 Å². The van der Waals surface area contributed by atoms with Crippen LogP contribution in [-0.4, -0.2) is 47.6 Å². The summed E-state index contributed by atoms with van der Waals surface area (Å²) in [5.41, 5.74) is 2.44. The summed E-state index contributed by atoms with van der Waals surface area (Å²) in [5, 5.41) is 22.1. The molecule has 2 aliphatic rings. The predicted molar refractivity (Wildman–Crippen MR) is 106 cm³/mol. The van der Waals surface area contributed by atoms with E-state index in [1.807, 2.05) is 6.07 Å². The first-order valence-corrected chi connectivity index (χ1v) is 9.64. The summed E-state index contributed by atoms with van der Waals surface area (Å²) >= 11 is 0. The van der Waals surface area contributed by atoms with E-state index in [1.165, 1.54) is 0 Å². The summed E-state index contributed by atoms with van der Waals surface area (Å²) < 4.78 is 16.5. The maximum Gasteiger partial charge on any atom is 0.174 e. The number of piperidine rings is 1. The molecule has 29 heavy (non-hydrogen) atoms. The number of nitrogens with zero attached hydrogens (tertiary/aromatic N) is 5. The first-order valence-electron chi connectivity index (χ1n) is 9.64. The number of aromatic nitrogens is 5. The number of rotatable bonds is 3. The number of phenols is 1. The molecule has 3 atom stereocenters. The molecule has 2 aromatic heterocycles. The highest BCUT2D eigenvalue weighted by molar-refractivity contribution is 5.68. The molecule has 1 unspecified atom stereocenters. The van der Waals surface area contributed by atoms with E-state index in [2.05, 4.69) is 32.4 Å². The fourth-order valence-corrected chi connectivity index (χ4v) is 4.31. The molecule has 2 aliphatic heterocycles. The minimum atomic E-state index is -1.02. The number of halogens is 1. The number of imidazole rings is 1. The molecule has 2 fully saturated rings. The largest absolute Gasteiger partial charge is 0.507 e. The second kappa shape index (κ2) is 6.73. The van der Waals surface area contributed by atoms with Crippen molar-refractivity contribution < 1.29 is 9.50 Å². The molecule has 2 bridgehead atoms. The van der Waals surface area contributed by atoms with Crippen molar-refractivity contribution in [1.82, 2.24) is 30.0 Å². The van der Waals surface area contributed by atoms with Crippen LogP contribution in [0.2, 0.25) is 0 Å². The van der Waals surface area contributed by atoms with Crippen LogP contribution >= 0.6 is 0 Å². The summed E-state index contributed by atoms with van der Waals surface area (Å²) in [5.74, 6) is 0.455. The van der Waals surface area contributed by atoms with Crippen molar-refractivity contribution in [3.8, 4) is 22.7 Å². The lowest BCUT2D eigenvalue weighted by Gasteiger charge is -2.35. The highest BCUT2D eigenvalue weighted by Crippen LogP contribution is 2.40. The molecule has 0 aliphatic carbocycles. The van der Waals surface area contributed by atoms with Crippen LogP contribution in [0.25, 0.3) is 23.0 Å². The second-order valence-corrected chi connectivity index (χ2v) is 8.02. The van der Waals surface area contributed by atoms with Crippen LogP contribution in [0.5, 0.6) is 5.75 Å². The van der Waals surface area contributed by atoms with Gasteiger partial charge in [0.1, 0.15) is 17.6 Å². The van der Waals surface area contributed by atoms with Gasteiger partial charge >= 0.3 is 0 Å². The Morgan fingerprint density at radius 1 is 1.34 bits per heavy atom. The van der Waals surface area contributed by atoms with Crippen molar-refractivity contribution in [3.05, 3.63) is 54.5 Å². The first-order chi connectivity index (χ1) is 14.0. The lowest BCUT2D eigenvalue weighted by atomic mass is 9.88. The smallest absolute Gasteiger partial charge is 0.174 e. The summed E-state index contributed by atoms with van der Waals surface area (Å²) in [6.45, 7) is 2.13. The minimum Gasteiger partial charge on any atom is -0.507 e. The summed E-state index contributed by atoms with van der Waals surface area (Å²) in [7, 11) is 0. The molecule has 2 saturated heterocycles. The molecule has 0 spiro atoms. The van der Waals surface area contributed by atoms with Gasteiger partial charge in [-0.15, -0.1) is 10.2 Å². The van der Waals surface area contributed by atoms with Gasteiger partial charge in [0, 0.05) is 35.6 Å². The molecule has 0 radical (unpaired) electrons. The molecular formula is C21H21FN6O. The molecule has 7 nitrogen and oxygen atoms in total. The number of phenolic OH excluding ortho intramolecular Hbond substituents is 1. The number of hydrogen-bond donors (Lipinski definition) is 2. The maximum absolute atomic E-state index is 14.7. The molecule has 148 valence electrons. The second-order valence-electron chi connectivity index (χ2n) is 8.02. The van der Waals surface area contributed by atoms with E-state index in [1.54, 1.807) is 47.7 Å². The van der Waals surface area contributed by atoms with E-state index in [0.717, 1.165) is 24.1 Å². The van der Waals surface area contributed by atoms with Gasteiger partial charge in [-0.3, -0.25) is 0 Å². The number of nitrogens with one attached hydrogen (secondary N) is 1. The topological polar surface area (TPSA) is 88.8 Å². The Bertz CT molecular complexity index is 1070. The highest BCUT2D eigenvalue weighted by Gasteiger charge is 2.45.